The lowest BCUT2D eigenvalue weighted by atomic mass is 10.0. The molecule has 5 nitrogen and oxygen atoms in total. The average molecular weight is 286 g/mol. The van der Waals surface area contributed by atoms with Gasteiger partial charge in [0.1, 0.15) is 5.75 Å². The second-order valence-electron chi connectivity index (χ2n) is 4.88. The highest BCUT2D eigenvalue weighted by Gasteiger charge is 2.18. The van der Waals surface area contributed by atoms with Crippen LogP contribution >= 0.6 is 0 Å². The molecule has 5 heteroatoms. The molecule has 2 rings (SSSR count). The summed E-state index contributed by atoms with van der Waals surface area (Å²) in [6, 6.07) is 12.0. The van der Waals surface area contributed by atoms with E-state index in [1.54, 1.807) is 18.2 Å². The van der Waals surface area contributed by atoms with Crippen molar-refractivity contribution in [1.82, 2.24) is 0 Å². The minimum atomic E-state index is -0.447. The molecule has 2 N–H and O–H groups in total. The predicted molar refractivity (Wildman–Crippen MR) is 81.6 cm³/mol. The zero-order valence-corrected chi connectivity index (χ0v) is 12.1. The molecule has 0 saturated heterocycles. The van der Waals surface area contributed by atoms with E-state index in [0.29, 0.717) is 5.75 Å². The number of hydrogen-bond donors (Lipinski definition) is 1. The van der Waals surface area contributed by atoms with E-state index in [0.717, 1.165) is 17.5 Å². The molecule has 0 aliphatic carbocycles. The van der Waals surface area contributed by atoms with Gasteiger partial charge in [0, 0.05) is 17.7 Å². The Labute approximate surface area is 123 Å². The fourth-order valence-electron chi connectivity index (χ4n) is 2.07. The van der Waals surface area contributed by atoms with Gasteiger partial charge in [0.05, 0.1) is 4.92 Å². The van der Waals surface area contributed by atoms with Crippen molar-refractivity contribution < 1.29 is 9.66 Å². The topological polar surface area (TPSA) is 78.4 Å². The maximum Gasteiger partial charge on any atom is 0.311 e. The minimum Gasteiger partial charge on any atom is -0.450 e. The molecule has 0 aliphatic heterocycles. The third-order valence-corrected chi connectivity index (χ3v) is 3.29. The number of aryl methyl sites for hydroxylation is 1. The van der Waals surface area contributed by atoms with Crippen molar-refractivity contribution in [2.24, 2.45) is 5.73 Å². The first-order valence-electron chi connectivity index (χ1n) is 6.80. The number of nitro groups is 1. The molecule has 110 valence electrons. The molecule has 0 radical (unpaired) electrons. The van der Waals surface area contributed by atoms with E-state index in [-0.39, 0.29) is 17.5 Å². The van der Waals surface area contributed by atoms with Gasteiger partial charge >= 0.3 is 5.69 Å². The maximum atomic E-state index is 11.1. The Morgan fingerprint density at radius 2 is 1.95 bits per heavy atom. The summed E-state index contributed by atoms with van der Waals surface area (Å²) in [7, 11) is 0. The minimum absolute atomic E-state index is 0.0551. The van der Waals surface area contributed by atoms with Crippen LogP contribution in [-0.4, -0.2) is 4.92 Å². The molecule has 0 aliphatic rings. The molecule has 0 saturated carbocycles. The molecule has 0 fully saturated rings. The van der Waals surface area contributed by atoms with Gasteiger partial charge in [-0.1, -0.05) is 31.2 Å². The largest absolute Gasteiger partial charge is 0.450 e. The van der Waals surface area contributed by atoms with Crippen molar-refractivity contribution in [3.63, 3.8) is 0 Å². The van der Waals surface area contributed by atoms with E-state index in [2.05, 4.69) is 0 Å². The van der Waals surface area contributed by atoms with Crippen molar-refractivity contribution in [2.75, 3.05) is 0 Å². The SMILES string of the molecule is CC[C@@H](N)c1ccccc1Oc1cc(C)ccc1[N+](=O)[O-]. The molecule has 0 amide bonds. The zero-order valence-electron chi connectivity index (χ0n) is 12.1. The Hall–Kier alpha value is -2.40. The summed E-state index contributed by atoms with van der Waals surface area (Å²) < 4.78 is 5.78. The van der Waals surface area contributed by atoms with E-state index in [1.807, 2.05) is 32.0 Å². The molecule has 2 aromatic carbocycles. The van der Waals surface area contributed by atoms with E-state index in [4.69, 9.17) is 10.5 Å². The van der Waals surface area contributed by atoms with Gasteiger partial charge in [-0.3, -0.25) is 10.1 Å². The summed E-state index contributed by atoms with van der Waals surface area (Å²) in [6.07, 6.45) is 0.760. The van der Waals surface area contributed by atoms with Crippen LogP contribution in [0.2, 0.25) is 0 Å². The first kappa shape index (κ1) is 15.0. The molecule has 0 bridgehead atoms. The molecule has 0 aromatic heterocycles. The van der Waals surface area contributed by atoms with Crippen LogP contribution in [0.3, 0.4) is 0 Å². The van der Waals surface area contributed by atoms with Gasteiger partial charge in [-0.15, -0.1) is 0 Å². The lowest BCUT2D eigenvalue weighted by molar-refractivity contribution is -0.385. The molecule has 1 atom stereocenters. The van der Waals surface area contributed by atoms with Gasteiger partial charge in [-0.2, -0.15) is 0 Å². The van der Waals surface area contributed by atoms with Crippen molar-refractivity contribution in [1.29, 1.82) is 0 Å². The van der Waals surface area contributed by atoms with Crippen LogP contribution in [0.1, 0.15) is 30.5 Å². The lowest BCUT2D eigenvalue weighted by Crippen LogP contribution is -2.10. The summed E-state index contributed by atoms with van der Waals surface area (Å²) in [5.74, 6) is 0.788. The Morgan fingerprint density at radius 3 is 2.62 bits per heavy atom. The monoisotopic (exact) mass is 286 g/mol. The van der Waals surface area contributed by atoms with Crippen LogP contribution in [0.4, 0.5) is 5.69 Å². The van der Waals surface area contributed by atoms with Crippen LogP contribution in [-0.2, 0) is 0 Å². The summed E-state index contributed by atoms with van der Waals surface area (Å²) in [5.41, 5.74) is 7.75. The fourth-order valence-corrected chi connectivity index (χ4v) is 2.07. The third-order valence-electron chi connectivity index (χ3n) is 3.29. The molecular weight excluding hydrogens is 268 g/mol. The number of ether oxygens (including phenoxy) is 1. The first-order chi connectivity index (χ1) is 10.0. The molecule has 0 spiro atoms. The van der Waals surface area contributed by atoms with Gasteiger partial charge in [-0.05, 0) is 31.0 Å². The van der Waals surface area contributed by atoms with E-state index in [1.165, 1.54) is 6.07 Å². The highest BCUT2D eigenvalue weighted by atomic mass is 16.6. The molecule has 21 heavy (non-hydrogen) atoms. The normalized spacial score (nSPS) is 12.0. The molecule has 2 aromatic rings. The fraction of sp³-hybridized carbons (Fsp3) is 0.250. The van der Waals surface area contributed by atoms with Crippen LogP contribution in [0.25, 0.3) is 0 Å². The Kier molecular flexibility index (Phi) is 4.55. The van der Waals surface area contributed by atoms with Gasteiger partial charge in [-0.25, -0.2) is 0 Å². The number of nitro benzene ring substituents is 1. The standard InChI is InChI=1S/C16H18N2O3/c1-3-13(17)12-6-4-5-7-15(12)21-16-10-11(2)8-9-14(16)18(19)20/h4-10,13H,3,17H2,1-2H3/t13-/m1/s1. The van der Waals surface area contributed by atoms with Crippen molar-refractivity contribution in [3.8, 4) is 11.5 Å². The molecule has 0 unspecified atom stereocenters. The summed E-state index contributed by atoms with van der Waals surface area (Å²) in [4.78, 5) is 10.7. The van der Waals surface area contributed by atoms with Crippen molar-refractivity contribution in [2.45, 2.75) is 26.3 Å². The second kappa shape index (κ2) is 6.37. The summed E-state index contributed by atoms with van der Waals surface area (Å²) in [5, 5.41) is 11.1. The highest BCUT2D eigenvalue weighted by molar-refractivity contribution is 5.51. The van der Waals surface area contributed by atoms with E-state index >= 15 is 0 Å². The average Bonchev–Trinajstić information content (AvgIpc) is 2.47. The summed E-state index contributed by atoms with van der Waals surface area (Å²) in [6.45, 7) is 3.84. The van der Waals surface area contributed by atoms with Crippen molar-refractivity contribution >= 4 is 5.69 Å². The molecule has 0 heterocycles. The highest BCUT2D eigenvalue weighted by Crippen LogP contribution is 2.35. The Bertz CT molecular complexity index is 656. The van der Waals surface area contributed by atoms with Gasteiger partial charge in [0.15, 0.2) is 0 Å². The predicted octanol–water partition coefficient (Wildman–Crippen LogP) is 4.11. The van der Waals surface area contributed by atoms with Gasteiger partial charge in [0.25, 0.3) is 0 Å². The Balaban J connectivity index is 2.43. The lowest BCUT2D eigenvalue weighted by Gasteiger charge is -2.15. The van der Waals surface area contributed by atoms with E-state index in [9.17, 15) is 10.1 Å². The van der Waals surface area contributed by atoms with E-state index < -0.39 is 4.92 Å². The number of hydrogen-bond acceptors (Lipinski definition) is 4. The quantitative estimate of drug-likeness (QED) is 0.662. The summed E-state index contributed by atoms with van der Waals surface area (Å²) >= 11 is 0. The van der Waals surface area contributed by atoms with Crippen LogP contribution in [0.5, 0.6) is 11.5 Å². The number of para-hydroxylation sites is 1. The number of nitrogens with two attached hydrogens (primary N) is 1. The number of benzene rings is 2. The van der Waals surface area contributed by atoms with Crippen LogP contribution in [0, 0.1) is 17.0 Å². The first-order valence-corrected chi connectivity index (χ1v) is 6.80. The van der Waals surface area contributed by atoms with Crippen LogP contribution < -0.4 is 10.5 Å². The second-order valence-corrected chi connectivity index (χ2v) is 4.88. The molecular formula is C16H18N2O3. The number of nitrogens with zero attached hydrogens (tertiary/aromatic N) is 1. The zero-order chi connectivity index (χ0) is 15.4. The van der Waals surface area contributed by atoms with Crippen LogP contribution in [0.15, 0.2) is 42.5 Å². The Morgan fingerprint density at radius 1 is 1.24 bits per heavy atom. The van der Waals surface area contributed by atoms with Gasteiger partial charge < -0.3 is 10.5 Å². The maximum absolute atomic E-state index is 11.1. The smallest absolute Gasteiger partial charge is 0.311 e. The number of rotatable bonds is 5. The van der Waals surface area contributed by atoms with Crippen molar-refractivity contribution in [3.05, 3.63) is 63.7 Å². The van der Waals surface area contributed by atoms with Gasteiger partial charge in [0.2, 0.25) is 5.75 Å². The third kappa shape index (κ3) is 3.38.